The van der Waals surface area contributed by atoms with Crippen LogP contribution in [0.2, 0.25) is 0 Å². The number of nitrogens with one attached hydrogen (secondary N) is 2. The molecule has 2 aromatic carbocycles. The standard InChI is InChI=1S/C39H44Cl2N6O8S2/c1-44(28(22-14-8-6-9-15-22)32(48)42-26-34(50)46-30(38(52)53)24(40)20-56-36(26)46)18-12-4-3-5-13-19-45(2)29(23-16-10-7-11-17-23)33(49)43-27-35(51)47-31(39(54)55)25(41)21-57-37(27)47/h6-11,14-17,26-29,36-37H,3-5,12-13,18-21H2,1-2H3,(H,42,48)(H,43,49)(H,52,53)(H,54,55)/t26-,27+,28?,29?,36?,37?. The highest BCUT2D eigenvalue weighted by atomic mass is 35.5. The van der Waals surface area contributed by atoms with E-state index in [4.69, 9.17) is 23.2 Å². The Morgan fingerprint density at radius 3 is 1.37 bits per heavy atom. The molecule has 18 heteroatoms. The van der Waals surface area contributed by atoms with Crippen LogP contribution in [0, 0.1) is 0 Å². The van der Waals surface area contributed by atoms with Gasteiger partial charge in [-0.1, -0.05) is 103 Å². The van der Waals surface area contributed by atoms with Crippen molar-refractivity contribution in [1.82, 2.24) is 30.2 Å². The van der Waals surface area contributed by atoms with E-state index in [2.05, 4.69) is 10.6 Å². The number of carboxylic acid groups (broad SMARTS) is 2. The molecule has 2 saturated heterocycles. The topological polar surface area (TPSA) is 180 Å². The minimum Gasteiger partial charge on any atom is -0.477 e. The fourth-order valence-electron chi connectivity index (χ4n) is 7.62. The van der Waals surface area contributed by atoms with Gasteiger partial charge in [0.25, 0.3) is 11.8 Å². The average Bonchev–Trinajstić information content (AvgIpc) is 3.19. The lowest BCUT2D eigenvalue weighted by Crippen LogP contribution is -2.71. The van der Waals surface area contributed by atoms with Gasteiger partial charge >= 0.3 is 11.9 Å². The number of carboxylic acids is 2. The maximum Gasteiger partial charge on any atom is 0.353 e. The van der Waals surface area contributed by atoms with Gasteiger partial charge in [0, 0.05) is 11.5 Å². The van der Waals surface area contributed by atoms with E-state index >= 15 is 0 Å². The smallest absolute Gasteiger partial charge is 0.353 e. The molecule has 4 aliphatic heterocycles. The number of carbonyl (C=O) groups excluding carboxylic acids is 4. The number of β-lactam (4-membered cyclic amide) rings is 2. The van der Waals surface area contributed by atoms with Gasteiger partial charge in [-0.05, 0) is 51.2 Å². The van der Waals surface area contributed by atoms with Crippen molar-refractivity contribution in [2.75, 3.05) is 38.7 Å². The number of carbonyl (C=O) groups is 6. The van der Waals surface area contributed by atoms with Crippen LogP contribution in [-0.4, -0.2) is 127 Å². The first kappa shape index (κ1) is 42.5. The fourth-order valence-corrected chi connectivity index (χ4v) is 10.7. The number of hydrogen-bond acceptors (Lipinski definition) is 10. The third kappa shape index (κ3) is 9.00. The Kier molecular flexibility index (Phi) is 13.9. The summed E-state index contributed by atoms with van der Waals surface area (Å²) in [5.74, 6) is -3.79. The van der Waals surface area contributed by atoms with E-state index in [1.54, 1.807) is 0 Å². The highest BCUT2D eigenvalue weighted by Crippen LogP contribution is 2.43. The van der Waals surface area contributed by atoms with Gasteiger partial charge in [0.1, 0.15) is 46.3 Å². The number of unbranched alkanes of at least 4 members (excludes halogenated alkanes) is 4. The summed E-state index contributed by atoms with van der Waals surface area (Å²) in [5.41, 5.74) is 1.07. The summed E-state index contributed by atoms with van der Waals surface area (Å²) in [4.78, 5) is 83.3. The highest BCUT2D eigenvalue weighted by molar-refractivity contribution is 8.00. The summed E-state index contributed by atoms with van der Waals surface area (Å²) in [7, 11) is 3.74. The van der Waals surface area contributed by atoms with E-state index in [9.17, 15) is 39.0 Å². The van der Waals surface area contributed by atoms with E-state index in [0.29, 0.717) is 13.1 Å². The van der Waals surface area contributed by atoms with Gasteiger partial charge in [0.05, 0.1) is 10.1 Å². The molecule has 0 spiro atoms. The largest absolute Gasteiger partial charge is 0.477 e. The Hall–Kier alpha value is -4.06. The Labute approximate surface area is 348 Å². The number of nitrogens with zero attached hydrogens (tertiary/aromatic N) is 4. The molecule has 2 aromatic rings. The normalized spacial score (nSPS) is 22.7. The van der Waals surface area contributed by atoms with Crippen molar-refractivity contribution in [3.8, 4) is 0 Å². The van der Waals surface area contributed by atoms with Crippen LogP contribution in [0.25, 0.3) is 0 Å². The Morgan fingerprint density at radius 2 is 1.02 bits per heavy atom. The number of likely N-dealkylation sites (N-methyl/N-ethyl adjacent to an activating group) is 2. The van der Waals surface area contributed by atoms with E-state index in [1.807, 2.05) is 84.6 Å². The van der Waals surface area contributed by atoms with Gasteiger partial charge < -0.3 is 20.8 Å². The van der Waals surface area contributed by atoms with E-state index < -0.39 is 58.7 Å². The number of aliphatic carboxylic acids is 2. The lowest BCUT2D eigenvalue weighted by atomic mass is 10.0. The van der Waals surface area contributed by atoms with Crippen LogP contribution < -0.4 is 10.6 Å². The fraction of sp³-hybridized carbons (Fsp3) is 0.436. The molecule has 6 atom stereocenters. The van der Waals surface area contributed by atoms with Crippen molar-refractivity contribution in [3.63, 3.8) is 0 Å². The molecule has 4 N–H and O–H groups in total. The van der Waals surface area contributed by atoms with Crippen LogP contribution in [0.1, 0.15) is 55.3 Å². The van der Waals surface area contributed by atoms with Crippen LogP contribution in [0.3, 0.4) is 0 Å². The number of fused-ring (bicyclic) bond motifs is 2. The molecule has 0 aromatic heterocycles. The SMILES string of the molecule is CN(CCCCCCCN(C)C(C(=O)N[C@H]1C(=O)N2C(C(=O)O)=C(Cl)CSC12)c1ccccc1)C(C(=O)N[C@@H]1C(=O)N2C(C(=O)O)=C(Cl)CSC12)c1ccccc1. The maximum absolute atomic E-state index is 13.8. The van der Waals surface area contributed by atoms with Crippen molar-refractivity contribution < 1.29 is 39.0 Å². The molecule has 4 amide bonds. The summed E-state index contributed by atoms with van der Waals surface area (Å²) in [6.45, 7) is 1.22. The highest BCUT2D eigenvalue weighted by Gasteiger charge is 2.56. The van der Waals surface area contributed by atoms with E-state index in [1.165, 1.54) is 23.5 Å². The number of thioether (sulfide) groups is 2. The number of benzene rings is 2. The molecule has 0 saturated carbocycles. The summed E-state index contributed by atoms with van der Waals surface area (Å²) in [5, 5.41) is 24.1. The zero-order valence-electron chi connectivity index (χ0n) is 31.3. The zero-order valence-corrected chi connectivity index (χ0v) is 34.5. The maximum atomic E-state index is 13.8. The first-order chi connectivity index (χ1) is 27.3. The number of hydrogen-bond donors (Lipinski definition) is 4. The third-order valence-electron chi connectivity index (χ3n) is 10.5. The van der Waals surface area contributed by atoms with Gasteiger partial charge in [-0.3, -0.25) is 38.8 Å². The number of halogens is 2. The van der Waals surface area contributed by atoms with E-state index in [0.717, 1.165) is 53.0 Å². The minimum atomic E-state index is -1.28. The van der Waals surface area contributed by atoms with Crippen molar-refractivity contribution in [3.05, 3.63) is 93.2 Å². The predicted octanol–water partition coefficient (Wildman–Crippen LogP) is 4.15. The molecule has 0 radical (unpaired) electrons. The molecular weight excluding hydrogens is 816 g/mol. The van der Waals surface area contributed by atoms with Crippen LogP contribution in [0.15, 0.2) is 82.1 Å². The Morgan fingerprint density at radius 1 is 0.667 bits per heavy atom. The Balaban J connectivity index is 0.980. The molecule has 4 aliphatic rings. The second-order valence-corrected chi connectivity index (χ2v) is 17.4. The van der Waals surface area contributed by atoms with Crippen molar-refractivity contribution in [2.24, 2.45) is 0 Å². The summed E-state index contributed by atoms with van der Waals surface area (Å²) in [6, 6.07) is 15.6. The monoisotopic (exact) mass is 858 g/mol. The second-order valence-electron chi connectivity index (χ2n) is 14.3. The molecule has 4 heterocycles. The van der Waals surface area contributed by atoms with Gasteiger partial charge in [-0.15, -0.1) is 23.5 Å². The average molecular weight is 860 g/mol. The van der Waals surface area contributed by atoms with Crippen LogP contribution in [0.4, 0.5) is 0 Å². The summed E-state index contributed by atoms with van der Waals surface area (Å²) >= 11 is 14.9. The van der Waals surface area contributed by atoms with E-state index in [-0.39, 0.29) is 44.8 Å². The molecule has 2 fully saturated rings. The summed E-state index contributed by atoms with van der Waals surface area (Å²) < 4.78 is 0. The van der Waals surface area contributed by atoms with Crippen LogP contribution >= 0.6 is 46.7 Å². The van der Waals surface area contributed by atoms with Crippen molar-refractivity contribution in [1.29, 1.82) is 0 Å². The molecule has 0 aliphatic carbocycles. The van der Waals surface area contributed by atoms with Gasteiger partial charge in [-0.25, -0.2) is 9.59 Å². The molecular formula is C39H44Cl2N6O8S2. The van der Waals surface area contributed by atoms with Crippen molar-refractivity contribution in [2.45, 2.75) is 67.0 Å². The minimum absolute atomic E-state index is 0.0949. The zero-order chi connectivity index (χ0) is 41.0. The lowest BCUT2D eigenvalue weighted by Gasteiger charge is -2.49. The quantitative estimate of drug-likeness (QED) is 0.125. The third-order valence-corrected chi connectivity index (χ3v) is 14.0. The van der Waals surface area contributed by atoms with Crippen LogP contribution in [0.5, 0.6) is 0 Å². The molecule has 4 unspecified atom stereocenters. The second kappa shape index (κ2) is 18.7. The predicted molar refractivity (Wildman–Crippen MR) is 218 cm³/mol. The molecule has 14 nitrogen and oxygen atoms in total. The molecule has 0 bridgehead atoms. The van der Waals surface area contributed by atoms with Gasteiger partial charge in [-0.2, -0.15) is 0 Å². The lowest BCUT2D eigenvalue weighted by molar-refractivity contribution is -0.151. The van der Waals surface area contributed by atoms with Crippen molar-refractivity contribution >= 4 is 82.3 Å². The van der Waals surface area contributed by atoms with Crippen LogP contribution in [-0.2, 0) is 28.8 Å². The Bertz CT molecular complexity index is 1820. The molecule has 6 rings (SSSR count). The van der Waals surface area contributed by atoms with Gasteiger partial charge in [0.15, 0.2) is 0 Å². The summed E-state index contributed by atoms with van der Waals surface area (Å²) in [6.07, 6.45) is 4.35. The molecule has 57 heavy (non-hydrogen) atoms. The first-order valence-corrected chi connectivity index (χ1v) is 21.4. The number of amides is 4. The van der Waals surface area contributed by atoms with Gasteiger partial charge in [0.2, 0.25) is 11.8 Å². The molecule has 304 valence electrons. The number of rotatable bonds is 18. The first-order valence-electron chi connectivity index (χ1n) is 18.6.